The van der Waals surface area contributed by atoms with E-state index in [0.29, 0.717) is 0 Å². The van der Waals surface area contributed by atoms with Crippen molar-refractivity contribution < 1.29 is 9.84 Å². The van der Waals surface area contributed by atoms with Gasteiger partial charge in [-0.2, -0.15) is 0 Å². The Morgan fingerprint density at radius 3 is 2.79 bits per heavy atom. The normalized spacial score (nSPS) is 17.9. The number of hydrogen-bond acceptors (Lipinski definition) is 2. The molecule has 1 aliphatic rings. The summed E-state index contributed by atoms with van der Waals surface area (Å²) in [5.41, 5.74) is 2.17. The maximum absolute atomic E-state index is 10.2. The molecule has 0 aromatic heterocycles. The standard InChI is InChI=1S/C17H26O2/c1-4-5-6-7-8-15(18)13-9-10-16-14(11-13)12-17(2,3)19-16/h9-11,15,18H,4-8,12H2,1-3H3. The van der Waals surface area contributed by atoms with Crippen LogP contribution in [0.2, 0.25) is 0 Å². The van der Waals surface area contributed by atoms with Crippen molar-refractivity contribution in [1.82, 2.24) is 0 Å². The van der Waals surface area contributed by atoms with Gasteiger partial charge in [0.2, 0.25) is 0 Å². The van der Waals surface area contributed by atoms with E-state index in [9.17, 15) is 5.11 Å². The van der Waals surface area contributed by atoms with Gasteiger partial charge in [-0.3, -0.25) is 0 Å². The summed E-state index contributed by atoms with van der Waals surface area (Å²) < 4.78 is 5.86. The van der Waals surface area contributed by atoms with Crippen LogP contribution in [-0.2, 0) is 6.42 Å². The summed E-state index contributed by atoms with van der Waals surface area (Å²) >= 11 is 0. The molecular weight excluding hydrogens is 236 g/mol. The van der Waals surface area contributed by atoms with Crippen LogP contribution in [0.1, 0.15) is 70.1 Å². The number of rotatable bonds is 6. The number of fused-ring (bicyclic) bond motifs is 1. The molecule has 0 amide bonds. The van der Waals surface area contributed by atoms with Crippen molar-refractivity contribution in [2.75, 3.05) is 0 Å². The summed E-state index contributed by atoms with van der Waals surface area (Å²) in [6.45, 7) is 6.42. The zero-order valence-electron chi connectivity index (χ0n) is 12.4. The first kappa shape index (κ1) is 14.4. The monoisotopic (exact) mass is 262 g/mol. The van der Waals surface area contributed by atoms with E-state index in [2.05, 4.69) is 26.8 Å². The number of aliphatic hydroxyl groups excluding tert-OH is 1. The molecule has 1 aromatic rings. The Bertz CT molecular complexity index is 423. The number of ether oxygens (including phenoxy) is 1. The second-order valence-electron chi connectivity index (χ2n) is 6.27. The molecule has 0 saturated carbocycles. The van der Waals surface area contributed by atoms with Crippen molar-refractivity contribution in [3.05, 3.63) is 29.3 Å². The van der Waals surface area contributed by atoms with E-state index >= 15 is 0 Å². The number of hydrogen-bond donors (Lipinski definition) is 1. The van der Waals surface area contributed by atoms with Gasteiger partial charge in [0.05, 0.1) is 6.10 Å². The second kappa shape index (κ2) is 5.96. The first-order valence-corrected chi connectivity index (χ1v) is 7.52. The molecule has 106 valence electrons. The average Bonchev–Trinajstić information content (AvgIpc) is 2.67. The minimum absolute atomic E-state index is 0.104. The fraction of sp³-hybridized carbons (Fsp3) is 0.647. The van der Waals surface area contributed by atoms with E-state index in [1.54, 1.807) is 0 Å². The Kier molecular flexibility index (Phi) is 4.51. The maximum atomic E-state index is 10.2. The SMILES string of the molecule is CCCCCCC(O)c1ccc2c(c1)CC(C)(C)O2. The molecule has 0 aliphatic carbocycles. The maximum Gasteiger partial charge on any atom is 0.123 e. The highest BCUT2D eigenvalue weighted by atomic mass is 16.5. The first-order valence-electron chi connectivity index (χ1n) is 7.52. The third-order valence-electron chi connectivity index (χ3n) is 3.80. The van der Waals surface area contributed by atoms with Crippen LogP contribution in [0.5, 0.6) is 5.75 Å². The Morgan fingerprint density at radius 2 is 2.05 bits per heavy atom. The highest BCUT2D eigenvalue weighted by molar-refractivity contribution is 5.42. The van der Waals surface area contributed by atoms with Gasteiger partial charge in [-0.1, -0.05) is 38.7 Å². The Hall–Kier alpha value is -1.02. The van der Waals surface area contributed by atoms with E-state index in [4.69, 9.17) is 4.74 Å². The van der Waals surface area contributed by atoms with E-state index in [0.717, 1.165) is 30.6 Å². The van der Waals surface area contributed by atoms with Gasteiger partial charge in [0.15, 0.2) is 0 Å². The van der Waals surface area contributed by atoms with E-state index in [1.165, 1.54) is 24.8 Å². The molecule has 1 heterocycles. The topological polar surface area (TPSA) is 29.5 Å². The number of unbranched alkanes of at least 4 members (excludes halogenated alkanes) is 3. The fourth-order valence-electron chi connectivity index (χ4n) is 2.77. The Labute approximate surface area is 116 Å². The number of aliphatic hydroxyl groups is 1. The van der Waals surface area contributed by atoms with Crippen molar-refractivity contribution in [2.24, 2.45) is 0 Å². The summed E-state index contributed by atoms with van der Waals surface area (Å²) in [7, 11) is 0. The average molecular weight is 262 g/mol. The Balaban J connectivity index is 1.95. The molecular formula is C17H26O2. The summed E-state index contributed by atoms with van der Waals surface area (Å²) in [4.78, 5) is 0. The molecule has 0 fully saturated rings. The van der Waals surface area contributed by atoms with Crippen LogP contribution in [0.15, 0.2) is 18.2 Å². The molecule has 2 nitrogen and oxygen atoms in total. The number of benzene rings is 1. The lowest BCUT2D eigenvalue weighted by atomic mass is 9.97. The van der Waals surface area contributed by atoms with Gasteiger partial charge in [0.25, 0.3) is 0 Å². The van der Waals surface area contributed by atoms with Gasteiger partial charge < -0.3 is 9.84 Å². The molecule has 2 heteroatoms. The molecule has 0 spiro atoms. The van der Waals surface area contributed by atoms with E-state index < -0.39 is 0 Å². The molecule has 1 N–H and O–H groups in total. The third-order valence-corrected chi connectivity index (χ3v) is 3.80. The van der Waals surface area contributed by atoms with Crippen LogP contribution in [-0.4, -0.2) is 10.7 Å². The van der Waals surface area contributed by atoms with Gasteiger partial charge >= 0.3 is 0 Å². The van der Waals surface area contributed by atoms with E-state index in [-0.39, 0.29) is 11.7 Å². The van der Waals surface area contributed by atoms with Crippen molar-refractivity contribution in [3.63, 3.8) is 0 Å². The fourth-order valence-corrected chi connectivity index (χ4v) is 2.77. The predicted octanol–water partition coefficient (Wildman–Crippen LogP) is 4.40. The zero-order valence-corrected chi connectivity index (χ0v) is 12.4. The lowest BCUT2D eigenvalue weighted by Crippen LogP contribution is -2.24. The highest BCUT2D eigenvalue weighted by Crippen LogP contribution is 2.36. The van der Waals surface area contributed by atoms with Crippen molar-refractivity contribution >= 4 is 0 Å². The first-order chi connectivity index (χ1) is 9.02. The molecule has 1 atom stereocenters. The van der Waals surface area contributed by atoms with Crippen molar-refractivity contribution in [1.29, 1.82) is 0 Å². The summed E-state index contributed by atoms with van der Waals surface area (Å²) in [5.74, 6) is 0.979. The highest BCUT2D eigenvalue weighted by Gasteiger charge is 2.30. The molecule has 0 saturated heterocycles. The van der Waals surface area contributed by atoms with Crippen LogP contribution in [0, 0.1) is 0 Å². The van der Waals surface area contributed by atoms with Crippen LogP contribution < -0.4 is 4.74 Å². The molecule has 1 unspecified atom stereocenters. The van der Waals surface area contributed by atoms with Crippen LogP contribution in [0.25, 0.3) is 0 Å². The van der Waals surface area contributed by atoms with Gasteiger partial charge in [0, 0.05) is 6.42 Å². The third kappa shape index (κ3) is 3.73. The van der Waals surface area contributed by atoms with Crippen molar-refractivity contribution in [3.8, 4) is 5.75 Å². The lowest BCUT2D eigenvalue weighted by Gasteiger charge is -2.16. The molecule has 0 bridgehead atoms. The quantitative estimate of drug-likeness (QED) is 0.770. The molecule has 1 aliphatic heterocycles. The van der Waals surface area contributed by atoms with Gasteiger partial charge in [-0.25, -0.2) is 0 Å². The van der Waals surface area contributed by atoms with Crippen LogP contribution in [0.4, 0.5) is 0 Å². The minimum Gasteiger partial charge on any atom is -0.487 e. The summed E-state index contributed by atoms with van der Waals surface area (Å²) in [5, 5.41) is 10.2. The molecule has 1 aromatic carbocycles. The lowest BCUT2D eigenvalue weighted by molar-refractivity contribution is 0.138. The van der Waals surface area contributed by atoms with Crippen LogP contribution >= 0.6 is 0 Å². The summed E-state index contributed by atoms with van der Waals surface area (Å²) in [6.07, 6.45) is 6.29. The largest absolute Gasteiger partial charge is 0.487 e. The molecule has 0 radical (unpaired) electrons. The molecule has 2 rings (SSSR count). The van der Waals surface area contributed by atoms with E-state index in [1.807, 2.05) is 12.1 Å². The Morgan fingerprint density at radius 1 is 1.26 bits per heavy atom. The predicted molar refractivity (Wildman–Crippen MR) is 78.6 cm³/mol. The van der Waals surface area contributed by atoms with Gasteiger partial charge in [0.1, 0.15) is 11.4 Å². The minimum atomic E-state index is -0.328. The smallest absolute Gasteiger partial charge is 0.123 e. The summed E-state index contributed by atoms with van der Waals surface area (Å²) in [6, 6.07) is 6.13. The zero-order chi connectivity index (χ0) is 13.9. The molecule has 19 heavy (non-hydrogen) atoms. The van der Waals surface area contributed by atoms with Crippen LogP contribution in [0.3, 0.4) is 0 Å². The van der Waals surface area contributed by atoms with Crippen molar-refractivity contribution in [2.45, 2.75) is 71.0 Å². The second-order valence-corrected chi connectivity index (χ2v) is 6.27. The van der Waals surface area contributed by atoms with Gasteiger partial charge in [-0.15, -0.1) is 0 Å². The van der Waals surface area contributed by atoms with Gasteiger partial charge in [-0.05, 0) is 43.5 Å².